The molecule has 1 saturated carbocycles. The zero-order chi connectivity index (χ0) is 34.5. The maximum atomic E-state index is 14.0. The molecule has 48 heavy (non-hydrogen) atoms. The van der Waals surface area contributed by atoms with E-state index in [1.54, 1.807) is 0 Å². The minimum Gasteiger partial charge on any atom is -0.352 e. The molecule has 1 aromatic heterocycles. The van der Waals surface area contributed by atoms with Gasteiger partial charge in [-0.3, -0.25) is 9.59 Å². The van der Waals surface area contributed by atoms with Crippen molar-refractivity contribution < 1.29 is 9.59 Å². The van der Waals surface area contributed by atoms with Gasteiger partial charge in [0.25, 0.3) is 0 Å². The topological polar surface area (TPSA) is 67.2 Å². The van der Waals surface area contributed by atoms with Gasteiger partial charge in [0.2, 0.25) is 11.8 Å². The molecule has 0 saturated heterocycles. The third-order valence-corrected chi connectivity index (χ3v) is 10.4. The number of unbranched alkanes of at least 4 members (excludes halogenated alkanes) is 16. The first-order valence-corrected chi connectivity index (χ1v) is 20.8. The summed E-state index contributed by atoms with van der Waals surface area (Å²) >= 11 is 0. The normalized spacial score (nSPS) is 14.7. The van der Waals surface area contributed by atoms with Gasteiger partial charge in [-0.1, -0.05) is 148 Å². The lowest BCUT2D eigenvalue weighted by molar-refractivity contribution is -0.141. The van der Waals surface area contributed by atoms with Crippen LogP contribution in [-0.2, 0) is 16.1 Å². The van der Waals surface area contributed by atoms with Crippen molar-refractivity contribution in [3.05, 3.63) is 30.4 Å². The molecule has 0 aromatic carbocycles. The van der Waals surface area contributed by atoms with E-state index in [0.717, 1.165) is 63.7 Å². The summed E-state index contributed by atoms with van der Waals surface area (Å²) in [6, 6.07) is -0.111. The second-order valence-corrected chi connectivity index (χ2v) is 14.7. The van der Waals surface area contributed by atoms with Crippen molar-refractivity contribution in [3.8, 4) is 0 Å². The summed E-state index contributed by atoms with van der Waals surface area (Å²) < 4.78 is 2.16. The van der Waals surface area contributed by atoms with Crippen molar-refractivity contribution in [3.63, 3.8) is 0 Å². The number of carbonyl (C=O) groups excluding carboxylic acids is 2. The third kappa shape index (κ3) is 19.8. The molecule has 1 aliphatic rings. The second kappa shape index (κ2) is 28.7. The number of amides is 2. The number of rotatable bonds is 29. The minimum absolute atomic E-state index is 0.0944. The Bertz CT molecular complexity index is 949. The molecule has 1 atom stereocenters. The van der Waals surface area contributed by atoms with Gasteiger partial charge in [-0.25, -0.2) is 4.98 Å². The SMILES string of the molecule is CCCC/C=C\CCCCCCCC(=O)N(CCCn1ccnc1C)C(CCCCCCCCCCCC)C(=O)NC1CCCCCC1. The molecule has 0 aliphatic heterocycles. The maximum Gasteiger partial charge on any atom is 0.243 e. The molecular weight excluding hydrogens is 592 g/mol. The summed E-state index contributed by atoms with van der Waals surface area (Å²) in [5, 5.41) is 3.45. The lowest BCUT2D eigenvalue weighted by Crippen LogP contribution is -2.52. The number of hydrogen-bond donors (Lipinski definition) is 1. The lowest BCUT2D eigenvalue weighted by Gasteiger charge is -2.33. The number of nitrogens with zero attached hydrogens (tertiary/aromatic N) is 3. The highest BCUT2D eigenvalue weighted by atomic mass is 16.2. The molecule has 1 N–H and O–H groups in total. The standard InChI is InChI=1S/C42H76N4O2/c1-4-6-8-10-12-14-16-18-20-22-28-33-41(47)46(36-29-35-45-37-34-43-38(45)3)40(42(48)44-39-30-25-23-24-26-31-39)32-27-21-19-17-15-13-11-9-7-5-2/h10,12,34,37,39-40H,4-9,11,13-33,35-36H2,1-3H3,(H,44,48)/b12-10-. The van der Waals surface area contributed by atoms with Gasteiger partial charge in [0, 0.05) is 37.9 Å². The number of imidazole rings is 1. The number of hydrogen-bond acceptors (Lipinski definition) is 3. The summed E-state index contributed by atoms with van der Waals surface area (Å²) in [6.07, 6.45) is 41.0. The molecule has 2 amide bonds. The van der Waals surface area contributed by atoms with Crippen LogP contribution in [0.15, 0.2) is 24.5 Å². The fraction of sp³-hybridized carbons (Fsp3) is 0.833. The van der Waals surface area contributed by atoms with E-state index in [4.69, 9.17) is 0 Å². The first-order valence-electron chi connectivity index (χ1n) is 20.8. The predicted octanol–water partition coefficient (Wildman–Crippen LogP) is 11.4. The van der Waals surface area contributed by atoms with E-state index in [9.17, 15) is 9.59 Å². The molecule has 1 unspecified atom stereocenters. The van der Waals surface area contributed by atoms with E-state index >= 15 is 0 Å². The summed E-state index contributed by atoms with van der Waals surface area (Å²) in [5.74, 6) is 1.26. The van der Waals surface area contributed by atoms with Crippen LogP contribution in [0.25, 0.3) is 0 Å². The molecule has 276 valence electrons. The fourth-order valence-corrected chi connectivity index (χ4v) is 7.25. The van der Waals surface area contributed by atoms with Gasteiger partial charge in [-0.15, -0.1) is 0 Å². The average Bonchev–Trinajstić information content (AvgIpc) is 3.32. The van der Waals surface area contributed by atoms with E-state index in [1.807, 2.05) is 24.2 Å². The van der Waals surface area contributed by atoms with E-state index in [-0.39, 0.29) is 23.9 Å². The van der Waals surface area contributed by atoms with Crippen molar-refractivity contribution in [2.24, 2.45) is 0 Å². The molecule has 1 heterocycles. The Morgan fingerprint density at radius 2 is 1.38 bits per heavy atom. The average molecular weight is 669 g/mol. The Labute approximate surface area is 296 Å². The highest BCUT2D eigenvalue weighted by Crippen LogP contribution is 2.21. The van der Waals surface area contributed by atoms with Crippen LogP contribution in [0.3, 0.4) is 0 Å². The van der Waals surface area contributed by atoms with E-state index in [2.05, 4.69) is 40.9 Å². The predicted molar refractivity (Wildman–Crippen MR) is 204 cm³/mol. The van der Waals surface area contributed by atoms with E-state index in [0.29, 0.717) is 13.0 Å². The number of nitrogens with one attached hydrogen (secondary N) is 1. The summed E-state index contributed by atoms with van der Waals surface area (Å²) in [7, 11) is 0. The van der Waals surface area contributed by atoms with Crippen LogP contribution in [0.1, 0.15) is 199 Å². The molecule has 6 heteroatoms. The highest BCUT2D eigenvalue weighted by Gasteiger charge is 2.30. The van der Waals surface area contributed by atoms with Crippen molar-refractivity contribution in [1.29, 1.82) is 0 Å². The van der Waals surface area contributed by atoms with Crippen LogP contribution in [0.5, 0.6) is 0 Å². The number of carbonyl (C=O) groups is 2. The Morgan fingerprint density at radius 3 is 2.00 bits per heavy atom. The zero-order valence-electron chi connectivity index (χ0n) is 31.8. The zero-order valence-corrected chi connectivity index (χ0v) is 31.8. The van der Waals surface area contributed by atoms with Gasteiger partial charge in [0.15, 0.2) is 0 Å². The Hall–Kier alpha value is -2.11. The van der Waals surface area contributed by atoms with Crippen LogP contribution in [0.2, 0.25) is 0 Å². The van der Waals surface area contributed by atoms with Gasteiger partial charge in [0.1, 0.15) is 11.9 Å². The monoisotopic (exact) mass is 669 g/mol. The minimum atomic E-state index is -0.363. The van der Waals surface area contributed by atoms with Gasteiger partial charge in [-0.2, -0.15) is 0 Å². The van der Waals surface area contributed by atoms with E-state index in [1.165, 1.54) is 122 Å². The van der Waals surface area contributed by atoms with Crippen LogP contribution < -0.4 is 5.32 Å². The van der Waals surface area contributed by atoms with Crippen molar-refractivity contribution in [1.82, 2.24) is 19.8 Å². The molecule has 6 nitrogen and oxygen atoms in total. The fourth-order valence-electron chi connectivity index (χ4n) is 7.25. The maximum absolute atomic E-state index is 14.0. The lowest BCUT2D eigenvalue weighted by atomic mass is 10.0. The van der Waals surface area contributed by atoms with Crippen molar-refractivity contribution >= 4 is 11.8 Å². The van der Waals surface area contributed by atoms with Crippen LogP contribution in [0.4, 0.5) is 0 Å². The number of aryl methyl sites for hydroxylation is 2. The summed E-state index contributed by atoms with van der Waals surface area (Å²) in [6.45, 7) is 7.99. The largest absolute Gasteiger partial charge is 0.352 e. The highest BCUT2D eigenvalue weighted by molar-refractivity contribution is 5.87. The van der Waals surface area contributed by atoms with Gasteiger partial charge < -0.3 is 14.8 Å². The number of aromatic nitrogens is 2. The van der Waals surface area contributed by atoms with Crippen molar-refractivity contribution in [2.75, 3.05) is 6.54 Å². The molecule has 0 radical (unpaired) electrons. The van der Waals surface area contributed by atoms with Crippen LogP contribution >= 0.6 is 0 Å². The summed E-state index contributed by atoms with van der Waals surface area (Å²) in [5.41, 5.74) is 0. The van der Waals surface area contributed by atoms with Crippen LogP contribution in [-0.4, -0.2) is 44.9 Å². The molecule has 1 aromatic rings. The second-order valence-electron chi connectivity index (χ2n) is 14.7. The molecular formula is C42H76N4O2. The molecule has 1 aliphatic carbocycles. The molecule has 2 rings (SSSR count). The number of allylic oxidation sites excluding steroid dienone is 2. The first kappa shape index (κ1) is 42.1. The Balaban J connectivity index is 1.96. The third-order valence-electron chi connectivity index (χ3n) is 10.4. The van der Waals surface area contributed by atoms with Gasteiger partial charge >= 0.3 is 0 Å². The Morgan fingerprint density at radius 1 is 0.792 bits per heavy atom. The smallest absolute Gasteiger partial charge is 0.243 e. The quantitative estimate of drug-likeness (QED) is 0.0525. The molecule has 0 spiro atoms. The first-order chi connectivity index (χ1) is 23.6. The molecule has 0 bridgehead atoms. The summed E-state index contributed by atoms with van der Waals surface area (Å²) in [4.78, 5) is 34.4. The van der Waals surface area contributed by atoms with Gasteiger partial charge in [0.05, 0.1) is 0 Å². The Kier molecular flexibility index (Phi) is 25.1. The molecule has 1 fully saturated rings. The van der Waals surface area contributed by atoms with Crippen molar-refractivity contribution in [2.45, 2.75) is 219 Å². The van der Waals surface area contributed by atoms with Crippen LogP contribution in [0, 0.1) is 6.92 Å². The van der Waals surface area contributed by atoms with E-state index < -0.39 is 0 Å². The van der Waals surface area contributed by atoms with Gasteiger partial charge in [-0.05, 0) is 58.3 Å².